The summed E-state index contributed by atoms with van der Waals surface area (Å²) in [5, 5.41) is 8.24. The van der Waals surface area contributed by atoms with Gasteiger partial charge in [-0.1, -0.05) is 5.21 Å². The van der Waals surface area contributed by atoms with Gasteiger partial charge in [-0.2, -0.15) is 0 Å². The van der Waals surface area contributed by atoms with E-state index in [2.05, 4.69) is 10.3 Å². The van der Waals surface area contributed by atoms with Crippen LogP contribution in [-0.4, -0.2) is 21.3 Å². The first kappa shape index (κ1) is 8.15. The van der Waals surface area contributed by atoms with E-state index < -0.39 is 0 Å². The maximum absolute atomic E-state index is 11.0. The van der Waals surface area contributed by atoms with Crippen LogP contribution in [0.25, 0.3) is 0 Å². The number of carbonyl (C=O) groups is 1. The molecule has 0 radical (unpaired) electrons. The molecule has 1 heterocycles. The average molecular weight is 191 g/mol. The molecular formula is C10H13N3O. The molecule has 0 aromatic carbocycles. The Hall–Kier alpha value is -1.19. The van der Waals surface area contributed by atoms with Crippen molar-refractivity contribution in [2.75, 3.05) is 0 Å². The minimum absolute atomic E-state index is 0.440. The summed E-state index contributed by atoms with van der Waals surface area (Å²) < 4.78 is 1.84. The third-order valence-electron chi connectivity index (χ3n) is 3.25. The molecule has 1 aromatic heterocycles. The first-order valence-corrected chi connectivity index (χ1v) is 5.30. The van der Waals surface area contributed by atoms with Gasteiger partial charge in [-0.25, -0.2) is 4.68 Å². The summed E-state index contributed by atoms with van der Waals surface area (Å²) in [5.41, 5.74) is 1.67. The van der Waals surface area contributed by atoms with Crippen LogP contribution in [0.3, 0.4) is 0 Å². The van der Waals surface area contributed by atoms with Gasteiger partial charge in [-0.3, -0.25) is 4.79 Å². The van der Waals surface area contributed by atoms with Crippen LogP contribution in [0.2, 0.25) is 0 Å². The predicted octanol–water partition coefficient (Wildman–Crippen LogP) is 1.69. The van der Waals surface area contributed by atoms with Gasteiger partial charge in [-0.05, 0) is 32.1 Å². The first-order chi connectivity index (χ1) is 6.90. The van der Waals surface area contributed by atoms with E-state index in [1.54, 1.807) is 0 Å². The number of aromatic nitrogens is 3. The van der Waals surface area contributed by atoms with Crippen LogP contribution in [0.1, 0.15) is 60.2 Å². The summed E-state index contributed by atoms with van der Waals surface area (Å²) in [6.07, 6.45) is 6.81. The van der Waals surface area contributed by atoms with E-state index in [4.69, 9.17) is 0 Å². The van der Waals surface area contributed by atoms with Gasteiger partial charge in [0.1, 0.15) is 5.69 Å². The second kappa shape index (κ2) is 2.90. The first-order valence-electron chi connectivity index (χ1n) is 5.30. The molecule has 2 aliphatic rings. The van der Waals surface area contributed by atoms with Gasteiger partial charge in [-0.15, -0.1) is 5.10 Å². The Bertz CT molecular complexity index is 363. The van der Waals surface area contributed by atoms with E-state index in [1.807, 2.05) is 4.68 Å². The molecule has 0 saturated heterocycles. The molecule has 2 saturated carbocycles. The van der Waals surface area contributed by atoms with E-state index in [9.17, 15) is 4.79 Å². The number of aldehydes is 1. The lowest BCUT2D eigenvalue weighted by Gasteiger charge is -2.25. The van der Waals surface area contributed by atoms with Gasteiger partial charge in [0.2, 0.25) is 0 Å². The summed E-state index contributed by atoms with van der Waals surface area (Å²) in [4.78, 5) is 11.0. The molecule has 0 amide bonds. The van der Waals surface area contributed by atoms with E-state index in [0.717, 1.165) is 30.5 Å². The second-order valence-corrected chi connectivity index (χ2v) is 4.28. The molecule has 3 rings (SSSR count). The summed E-state index contributed by atoms with van der Waals surface area (Å²) in [6, 6.07) is 0.440. The fourth-order valence-corrected chi connectivity index (χ4v) is 1.98. The Morgan fingerprint density at radius 2 is 2.07 bits per heavy atom. The molecule has 0 N–H and O–H groups in total. The standard InChI is InChI=1S/C10H13N3O/c14-6-9-10(7-4-5-7)11-12-13(9)8-2-1-3-8/h6-8H,1-5H2. The molecule has 0 aliphatic heterocycles. The molecule has 0 atom stereocenters. The minimum Gasteiger partial charge on any atom is -0.296 e. The highest BCUT2D eigenvalue weighted by Crippen LogP contribution is 2.41. The predicted molar refractivity (Wildman–Crippen MR) is 50.3 cm³/mol. The quantitative estimate of drug-likeness (QED) is 0.683. The Morgan fingerprint density at radius 3 is 2.57 bits per heavy atom. The molecule has 4 nitrogen and oxygen atoms in total. The Balaban J connectivity index is 1.97. The Kier molecular flexibility index (Phi) is 1.69. The van der Waals surface area contributed by atoms with Crippen LogP contribution < -0.4 is 0 Å². The highest BCUT2D eigenvalue weighted by Gasteiger charge is 2.32. The van der Waals surface area contributed by atoms with Gasteiger partial charge in [0, 0.05) is 5.92 Å². The molecule has 1 aromatic rings. The monoisotopic (exact) mass is 191 g/mol. The van der Waals surface area contributed by atoms with Gasteiger partial charge < -0.3 is 0 Å². The maximum atomic E-state index is 11.0. The van der Waals surface area contributed by atoms with Gasteiger partial charge in [0.25, 0.3) is 0 Å². The maximum Gasteiger partial charge on any atom is 0.170 e. The number of rotatable bonds is 3. The number of nitrogens with zero attached hydrogens (tertiary/aromatic N) is 3. The van der Waals surface area contributed by atoms with Crippen LogP contribution >= 0.6 is 0 Å². The molecule has 0 bridgehead atoms. The minimum atomic E-state index is 0.440. The van der Waals surface area contributed by atoms with Crippen molar-refractivity contribution in [3.8, 4) is 0 Å². The fraction of sp³-hybridized carbons (Fsp3) is 0.700. The summed E-state index contributed by atoms with van der Waals surface area (Å²) in [5.74, 6) is 0.518. The Morgan fingerprint density at radius 1 is 1.29 bits per heavy atom. The van der Waals surface area contributed by atoms with E-state index >= 15 is 0 Å². The van der Waals surface area contributed by atoms with Crippen molar-refractivity contribution in [3.63, 3.8) is 0 Å². The van der Waals surface area contributed by atoms with Crippen LogP contribution in [0.5, 0.6) is 0 Å². The largest absolute Gasteiger partial charge is 0.296 e. The van der Waals surface area contributed by atoms with Crippen molar-refractivity contribution in [3.05, 3.63) is 11.4 Å². The van der Waals surface area contributed by atoms with Crippen LogP contribution in [-0.2, 0) is 0 Å². The van der Waals surface area contributed by atoms with E-state index in [-0.39, 0.29) is 0 Å². The number of hydrogen-bond acceptors (Lipinski definition) is 3. The van der Waals surface area contributed by atoms with Crippen molar-refractivity contribution < 1.29 is 4.79 Å². The third kappa shape index (κ3) is 1.10. The lowest BCUT2D eigenvalue weighted by molar-refractivity contribution is 0.110. The van der Waals surface area contributed by atoms with Crippen molar-refractivity contribution in [2.24, 2.45) is 0 Å². The topological polar surface area (TPSA) is 47.8 Å². The molecule has 2 aliphatic carbocycles. The smallest absolute Gasteiger partial charge is 0.170 e. The Labute approximate surface area is 82.3 Å². The molecule has 14 heavy (non-hydrogen) atoms. The van der Waals surface area contributed by atoms with Crippen LogP contribution in [0.4, 0.5) is 0 Å². The van der Waals surface area contributed by atoms with E-state index in [1.165, 1.54) is 19.3 Å². The normalized spacial score (nSPS) is 22.0. The van der Waals surface area contributed by atoms with Gasteiger partial charge in [0.15, 0.2) is 6.29 Å². The molecule has 4 heteroatoms. The van der Waals surface area contributed by atoms with Crippen LogP contribution in [0, 0.1) is 0 Å². The highest BCUT2D eigenvalue weighted by atomic mass is 16.1. The lowest BCUT2D eigenvalue weighted by Crippen LogP contribution is -2.20. The zero-order valence-corrected chi connectivity index (χ0v) is 8.02. The molecule has 74 valence electrons. The zero-order chi connectivity index (χ0) is 9.54. The fourth-order valence-electron chi connectivity index (χ4n) is 1.98. The number of carbonyl (C=O) groups excluding carboxylic acids is 1. The van der Waals surface area contributed by atoms with Crippen molar-refractivity contribution in [1.82, 2.24) is 15.0 Å². The molecule has 0 unspecified atom stereocenters. The van der Waals surface area contributed by atoms with Crippen molar-refractivity contribution >= 4 is 6.29 Å². The van der Waals surface area contributed by atoms with Gasteiger partial charge >= 0.3 is 0 Å². The lowest BCUT2D eigenvalue weighted by atomic mass is 9.93. The molecule has 0 spiro atoms. The second-order valence-electron chi connectivity index (χ2n) is 4.28. The summed E-state index contributed by atoms with van der Waals surface area (Å²) in [7, 11) is 0. The summed E-state index contributed by atoms with van der Waals surface area (Å²) in [6.45, 7) is 0. The highest BCUT2D eigenvalue weighted by molar-refractivity contribution is 5.74. The van der Waals surface area contributed by atoms with Crippen LogP contribution in [0.15, 0.2) is 0 Å². The number of hydrogen-bond donors (Lipinski definition) is 0. The van der Waals surface area contributed by atoms with Gasteiger partial charge in [0.05, 0.1) is 11.7 Å². The average Bonchev–Trinajstić information content (AvgIpc) is 2.86. The molecular weight excluding hydrogens is 178 g/mol. The molecule has 2 fully saturated rings. The van der Waals surface area contributed by atoms with E-state index in [0.29, 0.717) is 12.0 Å². The zero-order valence-electron chi connectivity index (χ0n) is 8.02. The summed E-state index contributed by atoms with van der Waals surface area (Å²) >= 11 is 0. The third-order valence-corrected chi connectivity index (χ3v) is 3.25. The van der Waals surface area contributed by atoms with Crippen molar-refractivity contribution in [1.29, 1.82) is 0 Å². The van der Waals surface area contributed by atoms with Crippen molar-refractivity contribution in [2.45, 2.75) is 44.1 Å². The SMILES string of the molecule is O=Cc1c(C2CC2)nnn1C1CCC1.